The number of carbonyl (C=O) groups is 3. The molecule has 3 amide bonds. The molecular weight excluding hydrogens is 486 g/mol. The number of benzene rings is 2. The molecule has 11 nitrogen and oxygen atoms in total. The molecule has 2 saturated heterocycles. The Hall–Kier alpha value is -3.90. The number of piperidine rings is 1. The fourth-order valence-corrected chi connectivity index (χ4v) is 6.58. The zero-order valence-corrected chi connectivity index (χ0v) is 20.1. The maximum atomic E-state index is 13.5. The van der Waals surface area contributed by atoms with E-state index in [0.717, 1.165) is 0 Å². The third kappa shape index (κ3) is 3.97. The lowest BCUT2D eigenvalue weighted by Gasteiger charge is -2.25. The number of amides is 3. The second-order valence-electron chi connectivity index (χ2n) is 8.72. The van der Waals surface area contributed by atoms with E-state index in [1.54, 1.807) is 49.4 Å². The van der Waals surface area contributed by atoms with Crippen molar-refractivity contribution in [3.63, 3.8) is 0 Å². The van der Waals surface area contributed by atoms with Crippen molar-refractivity contribution in [1.29, 1.82) is 0 Å². The zero-order chi connectivity index (χ0) is 25.6. The van der Waals surface area contributed by atoms with Gasteiger partial charge < -0.3 is 9.87 Å². The molecule has 12 heteroatoms. The van der Waals surface area contributed by atoms with Crippen LogP contribution in [0.25, 0.3) is 10.9 Å². The summed E-state index contributed by atoms with van der Waals surface area (Å²) in [6.45, 7) is 1.74. The van der Waals surface area contributed by atoms with Gasteiger partial charge in [-0.3, -0.25) is 29.1 Å². The summed E-state index contributed by atoms with van der Waals surface area (Å²) in [6, 6.07) is 12.3. The molecule has 2 fully saturated rings. The fraction of sp³-hybridized carbons (Fsp3) is 0.292. The number of imide groups is 1. The third-order valence-corrected chi connectivity index (χ3v) is 8.66. The number of anilines is 2. The van der Waals surface area contributed by atoms with Gasteiger partial charge in [0.25, 0.3) is 11.5 Å². The summed E-state index contributed by atoms with van der Waals surface area (Å²) in [5, 5.41) is 3.57. The first kappa shape index (κ1) is 23.8. The van der Waals surface area contributed by atoms with Crippen LogP contribution in [0.15, 0.2) is 53.3 Å². The summed E-state index contributed by atoms with van der Waals surface area (Å²) >= 11 is 0. The highest BCUT2D eigenvalue weighted by Crippen LogP contribution is 2.33. The number of rotatable bonds is 4. The fourth-order valence-electron chi connectivity index (χ4n) is 4.77. The lowest BCUT2D eigenvalue weighted by atomic mass is 10.1. The number of nitrogens with zero attached hydrogens (tertiary/aromatic N) is 3. The van der Waals surface area contributed by atoms with Gasteiger partial charge in [0.2, 0.25) is 17.1 Å². The van der Waals surface area contributed by atoms with Crippen LogP contribution in [-0.2, 0) is 29.0 Å². The van der Waals surface area contributed by atoms with Gasteiger partial charge >= 0.3 is 0 Å². The Labute approximate surface area is 206 Å². The molecule has 3 atom stereocenters. The number of fused-ring (bicyclic) bond motifs is 1. The number of hydrogen-bond donors (Lipinski definition) is 2. The molecule has 3 aromatic rings. The first-order valence-corrected chi connectivity index (χ1v) is 12.9. The second-order valence-corrected chi connectivity index (χ2v) is 10.8. The van der Waals surface area contributed by atoms with Crippen LogP contribution in [0.4, 0.5) is 11.4 Å². The van der Waals surface area contributed by atoms with Crippen molar-refractivity contribution in [2.45, 2.75) is 37.5 Å². The van der Waals surface area contributed by atoms with E-state index in [-0.39, 0.29) is 42.7 Å². The van der Waals surface area contributed by atoms with E-state index >= 15 is 0 Å². The second kappa shape index (κ2) is 8.95. The van der Waals surface area contributed by atoms with Gasteiger partial charge in [-0.2, -0.15) is 4.31 Å². The molecule has 186 valence electrons. The smallest absolute Gasteiger partial charge is 0.279 e. The van der Waals surface area contributed by atoms with Crippen LogP contribution < -0.4 is 20.5 Å². The van der Waals surface area contributed by atoms with E-state index in [1.807, 2.05) is 0 Å². The highest BCUT2D eigenvalue weighted by molar-refractivity contribution is 8.00. The summed E-state index contributed by atoms with van der Waals surface area (Å²) in [6.07, 6.45) is 0.310. The van der Waals surface area contributed by atoms with Gasteiger partial charge in [-0.25, -0.2) is 4.98 Å². The number of hydrogen-bond acceptors (Lipinski definition) is 7. The van der Waals surface area contributed by atoms with E-state index in [0.29, 0.717) is 11.2 Å². The highest BCUT2D eigenvalue weighted by atomic mass is 32.3. The number of para-hydroxylation sites is 1. The van der Waals surface area contributed by atoms with E-state index < -0.39 is 45.0 Å². The Morgan fingerprint density at radius 2 is 1.86 bits per heavy atom. The van der Waals surface area contributed by atoms with Crippen LogP contribution in [0, 0.1) is 6.92 Å². The predicted octanol–water partition coefficient (Wildman–Crippen LogP) is 1.44. The van der Waals surface area contributed by atoms with Gasteiger partial charge in [0.15, 0.2) is 10.4 Å². The van der Waals surface area contributed by atoms with E-state index in [9.17, 15) is 27.9 Å². The molecule has 0 radical (unpaired) electrons. The molecule has 3 heterocycles. The van der Waals surface area contributed by atoms with Crippen molar-refractivity contribution < 1.29 is 23.1 Å². The van der Waals surface area contributed by atoms with Crippen molar-refractivity contribution in [1.82, 2.24) is 14.9 Å². The predicted molar refractivity (Wildman–Crippen MR) is 132 cm³/mol. The molecule has 2 aliphatic heterocycles. The summed E-state index contributed by atoms with van der Waals surface area (Å²) < 4.78 is 28.7. The maximum absolute atomic E-state index is 13.5. The van der Waals surface area contributed by atoms with Crippen LogP contribution in [0.2, 0.25) is 0 Å². The molecule has 1 aromatic heterocycles. The van der Waals surface area contributed by atoms with Crippen LogP contribution in [-0.4, -0.2) is 43.6 Å². The minimum absolute atomic E-state index is 0.0523. The Kier molecular flexibility index (Phi) is 5.92. The molecule has 5 rings (SSSR count). The summed E-state index contributed by atoms with van der Waals surface area (Å²) in [7, 11) is -3.97. The summed E-state index contributed by atoms with van der Waals surface area (Å²) in [5.74, 6) is -1.49. The Morgan fingerprint density at radius 1 is 1.11 bits per heavy atom. The topological polar surface area (TPSA) is 154 Å². The lowest BCUT2D eigenvalue weighted by Crippen LogP contribution is -2.45. The first-order chi connectivity index (χ1) is 17.2. The number of sulfonamides is 1. The maximum Gasteiger partial charge on any atom is 0.279 e. The highest BCUT2D eigenvalue weighted by Gasteiger charge is 2.48. The van der Waals surface area contributed by atoms with E-state index in [2.05, 4.69) is 15.6 Å². The van der Waals surface area contributed by atoms with Crippen LogP contribution in [0.5, 0.6) is 0 Å². The lowest BCUT2D eigenvalue weighted by molar-refractivity contribution is -0.135. The van der Waals surface area contributed by atoms with Crippen molar-refractivity contribution in [2.24, 2.45) is 0 Å². The number of carbonyl (C=O) groups excluding carboxylic acids is 3. The molecule has 2 aromatic carbocycles. The first-order valence-electron chi connectivity index (χ1n) is 11.4. The van der Waals surface area contributed by atoms with Gasteiger partial charge in [-0.15, -0.1) is 0 Å². The normalized spacial score (nSPS) is 24.1. The van der Waals surface area contributed by atoms with Gasteiger partial charge in [-0.05, 0) is 37.6 Å². The molecule has 2 N–H and O–H groups in total. The van der Waals surface area contributed by atoms with Gasteiger partial charge in [0, 0.05) is 12.8 Å². The Bertz CT molecular complexity index is 1500. The van der Waals surface area contributed by atoms with Crippen LogP contribution in [0.3, 0.4) is 0 Å². The SMILES string of the molecule is Cc1nc2cccc(NC(=O)C3CCN(c4ccccc4)[S+]3(=O)[O-])c2c(=O)n1C1CCC(=O)NC1=O. The largest absolute Gasteiger partial charge is 0.592 e. The van der Waals surface area contributed by atoms with E-state index in [1.165, 1.54) is 14.9 Å². The molecule has 0 aliphatic carbocycles. The Balaban J connectivity index is 1.49. The molecule has 0 saturated carbocycles. The third-order valence-electron chi connectivity index (χ3n) is 6.48. The number of nitrogens with one attached hydrogen (secondary N) is 2. The summed E-state index contributed by atoms with van der Waals surface area (Å²) in [4.78, 5) is 55.1. The standard InChI is InChI=1S/C24H23N5O6S/c1-14-25-16-8-5-9-17(21(16)24(33)29(14)18-10-11-20(30)27-22(18)31)26-23(32)19-12-13-28(36(19,34)35)15-6-3-2-4-7-15/h2-9,18-19H,10-13H2,1H3,(H2-,26,27,30,31,32,33,34,35). The number of aryl methyl sites for hydroxylation is 1. The monoisotopic (exact) mass is 509 g/mol. The minimum Gasteiger partial charge on any atom is -0.592 e. The van der Waals surface area contributed by atoms with E-state index in [4.69, 9.17) is 0 Å². The van der Waals surface area contributed by atoms with Crippen molar-refractivity contribution in [3.05, 3.63) is 64.7 Å². The minimum atomic E-state index is -3.97. The van der Waals surface area contributed by atoms with Gasteiger partial charge in [-0.1, -0.05) is 28.5 Å². The summed E-state index contributed by atoms with van der Waals surface area (Å²) in [5.41, 5.74) is 0.302. The zero-order valence-electron chi connectivity index (χ0n) is 19.3. The van der Waals surface area contributed by atoms with Crippen molar-refractivity contribution in [2.75, 3.05) is 16.2 Å². The van der Waals surface area contributed by atoms with Gasteiger partial charge in [0.05, 0.1) is 28.8 Å². The van der Waals surface area contributed by atoms with Crippen LogP contribution >= 0.6 is 0 Å². The molecule has 0 bridgehead atoms. The molecule has 2 aliphatic rings. The molecule has 0 spiro atoms. The average Bonchev–Trinajstić information content (AvgIpc) is 3.15. The van der Waals surface area contributed by atoms with Crippen LogP contribution in [0.1, 0.15) is 31.1 Å². The number of aromatic nitrogens is 2. The van der Waals surface area contributed by atoms with Crippen molar-refractivity contribution >= 4 is 50.4 Å². The molecule has 36 heavy (non-hydrogen) atoms. The van der Waals surface area contributed by atoms with Crippen molar-refractivity contribution in [3.8, 4) is 0 Å². The Morgan fingerprint density at radius 3 is 2.58 bits per heavy atom. The quantitative estimate of drug-likeness (QED) is 0.399. The molecular formula is C24H23N5O6S. The van der Waals surface area contributed by atoms with Gasteiger partial charge in [0.1, 0.15) is 11.9 Å². The average molecular weight is 510 g/mol. The molecule has 3 unspecified atom stereocenters.